The number of phenolic OH excluding ortho intramolecular Hbond substituents is 1. The first-order chi connectivity index (χ1) is 30.3. The minimum atomic E-state index is -0.347. The number of imidazole rings is 1. The molecule has 3 aromatic heterocycles. The van der Waals surface area contributed by atoms with Crippen LogP contribution < -0.4 is 9.47 Å². The second kappa shape index (κ2) is 20.4. The zero-order chi connectivity index (χ0) is 43.6. The van der Waals surface area contributed by atoms with Crippen LogP contribution in [-0.4, -0.2) is 91.2 Å². The fourth-order valence-electron chi connectivity index (χ4n) is 5.89. The van der Waals surface area contributed by atoms with Gasteiger partial charge in [0.1, 0.15) is 53.4 Å². The fraction of sp³-hybridized carbons (Fsp3) is 0.211. The molecular weight excluding hydrogens is 867 g/mol. The Hall–Kier alpha value is -6.40. The van der Waals surface area contributed by atoms with Crippen LogP contribution in [0.3, 0.4) is 0 Å². The summed E-state index contributed by atoms with van der Waals surface area (Å²) in [6.07, 6.45) is 0. The van der Waals surface area contributed by atoms with Gasteiger partial charge in [-0.25, -0.2) is 10.2 Å². The van der Waals surface area contributed by atoms with E-state index < -0.39 is 0 Å². The Bertz CT molecular complexity index is 2880. The van der Waals surface area contributed by atoms with E-state index in [0.717, 1.165) is 0 Å². The molecule has 7 rings (SSSR count). The number of para-hydroxylation sites is 2. The summed E-state index contributed by atoms with van der Waals surface area (Å²) in [5, 5.41) is 99.7. The largest absolute Gasteiger partial charge is 0.505 e. The van der Waals surface area contributed by atoms with Gasteiger partial charge >= 0.3 is 0 Å². The van der Waals surface area contributed by atoms with Crippen molar-refractivity contribution in [3.63, 3.8) is 0 Å². The summed E-state index contributed by atoms with van der Waals surface area (Å²) in [7, 11) is 1.61. The zero-order valence-corrected chi connectivity index (χ0v) is 34.9. The molecule has 0 spiro atoms. The molecule has 0 bridgehead atoms. The molecule has 3 heterocycles. The first kappa shape index (κ1) is 43.7. The maximum absolute atomic E-state index is 11.6. The first-order valence-electron chi connectivity index (χ1n) is 18.1. The van der Waals surface area contributed by atoms with Crippen LogP contribution in [0.2, 0.25) is 0 Å². The van der Waals surface area contributed by atoms with Gasteiger partial charge in [0.25, 0.3) is 5.13 Å². The van der Waals surface area contributed by atoms with E-state index in [0.29, 0.717) is 61.8 Å². The van der Waals surface area contributed by atoms with E-state index in [1.165, 1.54) is 39.6 Å². The van der Waals surface area contributed by atoms with Crippen LogP contribution >= 0.6 is 35.1 Å². The third-order valence-electron chi connectivity index (χ3n) is 8.65. The van der Waals surface area contributed by atoms with Gasteiger partial charge in [0.2, 0.25) is 5.88 Å². The van der Waals surface area contributed by atoms with E-state index in [1.807, 2.05) is 0 Å². The van der Waals surface area contributed by atoms with E-state index in [4.69, 9.17) is 23.8 Å². The number of nitrogens with zero attached hydrogens (tertiary/aromatic N) is 11. The molecule has 24 heteroatoms. The van der Waals surface area contributed by atoms with Gasteiger partial charge in [0, 0.05) is 35.9 Å². The Morgan fingerprint density at radius 1 is 0.855 bits per heavy atom. The van der Waals surface area contributed by atoms with Crippen molar-refractivity contribution in [1.82, 2.24) is 19.6 Å². The van der Waals surface area contributed by atoms with Crippen LogP contribution in [0.25, 0.3) is 27.5 Å². The number of phenols is 1. The van der Waals surface area contributed by atoms with Gasteiger partial charge in [-0.1, -0.05) is 40.3 Å². The van der Waals surface area contributed by atoms with Gasteiger partial charge in [-0.3, -0.25) is 4.40 Å². The number of aliphatic hydroxyl groups excluding tert-OH is 2. The van der Waals surface area contributed by atoms with Crippen molar-refractivity contribution >= 4 is 96.2 Å². The average molecular weight is 900 g/mol. The monoisotopic (exact) mass is 899 g/mol. The zero-order valence-electron chi connectivity index (χ0n) is 32.4. The van der Waals surface area contributed by atoms with Gasteiger partial charge in [0.05, 0.1) is 53.5 Å². The number of hydrogen-bond donors (Lipinski definition) is 5. The highest BCUT2D eigenvalue weighted by Crippen LogP contribution is 2.47. The van der Waals surface area contributed by atoms with Crippen molar-refractivity contribution in [2.24, 2.45) is 30.7 Å². The topological polar surface area (TPSA) is 288 Å². The Kier molecular flexibility index (Phi) is 14.4. The van der Waals surface area contributed by atoms with Crippen molar-refractivity contribution < 1.29 is 49.3 Å². The molecule has 318 valence electrons. The summed E-state index contributed by atoms with van der Waals surface area (Å²) in [6.45, 7) is 1.28. The minimum absolute atomic E-state index is 0.0583. The molecule has 0 saturated heterocycles. The van der Waals surface area contributed by atoms with Crippen molar-refractivity contribution in [3.05, 3.63) is 71.8 Å². The summed E-state index contributed by atoms with van der Waals surface area (Å²) in [5.41, 5.74) is 2.55. The summed E-state index contributed by atoms with van der Waals surface area (Å²) >= 11 is 3.19. The minimum Gasteiger partial charge on any atom is -0.505 e. The molecule has 0 saturated carbocycles. The number of methoxy groups -OCH3 is 1. The summed E-state index contributed by atoms with van der Waals surface area (Å²) < 4.78 is 23.4. The standard InChI is InChI=1S/C38H33N11O10S3/c1-20-24(19-39)35-40-25-5-3-4-6-28(25)49(35)36(53)32(20)44-41-22-7-8-23-21(15-22)16-31(62-59-58-54)33(34(23)52)45-42-26-17-30(57-12-10-51)27(18-29(26)56-11-9-50)43-46-37-47-48-38(61-37)60-14-13-55-2/h3-8,15-18,50-54H,9-14H2,1-2H3. The molecule has 0 aliphatic heterocycles. The number of nitriles is 1. The first-order valence-corrected chi connectivity index (χ1v) is 20.7. The molecule has 0 atom stereocenters. The highest BCUT2D eigenvalue weighted by atomic mass is 32.2. The van der Waals surface area contributed by atoms with Gasteiger partial charge in [0.15, 0.2) is 21.4 Å². The van der Waals surface area contributed by atoms with Crippen molar-refractivity contribution in [2.45, 2.75) is 16.2 Å². The van der Waals surface area contributed by atoms with E-state index in [1.54, 1.807) is 62.6 Å². The number of pyridine rings is 1. The number of hydrogen-bond acceptors (Lipinski definition) is 23. The van der Waals surface area contributed by atoms with Crippen LogP contribution in [0.15, 0.2) is 101 Å². The van der Waals surface area contributed by atoms with Crippen LogP contribution in [-0.2, 0) is 14.1 Å². The van der Waals surface area contributed by atoms with E-state index in [2.05, 4.69) is 57.0 Å². The van der Waals surface area contributed by atoms with Crippen molar-refractivity contribution in [1.29, 1.82) is 5.26 Å². The number of thioether (sulfide) groups is 1. The number of aliphatic hydroxyl groups is 2. The van der Waals surface area contributed by atoms with E-state index >= 15 is 0 Å². The third kappa shape index (κ3) is 9.55. The smallest absolute Gasteiger partial charge is 0.252 e. The third-order valence-corrected chi connectivity index (χ3v) is 11.2. The molecule has 5 N–H and O–H groups in total. The molecule has 0 unspecified atom stereocenters. The molecule has 4 aromatic carbocycles. The van der Waals surface area contributed by atoms with Crippen LogP contribution in [0.5, 0.6) is 23.1 Å². The summed E-state index contributed by atoms with van der Waals surface area (Å²) in [5.74, 6) is 0.311. The predicted molar refractivity (Wildman–Crippen MR) is 227 cm³/mol. The molecule has 62 heavy (non-hydrogen) atoms. The average Bonchev–Trinajstić information content (AvgIpc) is 3.91. The van der Waals surface area contributed by atoms with Crippen LogP contribution in [0, 0.1) is 18.3 Å². The van der Waals surface area contributed by atoms with E-state index in [-0.39, 0.29) is 93.5 Å². The fourth-order valence-corrected chi connectivity index (χ4v) is 8.02. The van der Waals surface area contributed by atoms with Crippen LogP contribution in [0.1, 0.15) is 11.1 Å². The predicted octanol–water partition coefficient (Wildman–Crippen LogP) is 9.24. The number of ether oxygens (including phenoxy) is 3. The Morgan fingerprint density at radius 3 is 2.29 bits per heavy atom. The van der Waals surface area contributed by atoms with Crippen molar-refractivity contribution in [2.75, 3.05) is 45.9 Å². The number of rotatable bonds is 19. The van der Waals surface area contributed by atoms with Crippen LogP contribution in [0.4, 0.5) is 33.6 Å². The Balaban J connectivity index is 1.23. The highest BCUT2D eigenvalue weighted by Gasteiger charge is 2.22. The molecule has 0 aliphatic rings. The number of azo groups is 3. The van der Waals surface area contributed by atoms with Crippen molar-refractivity contribution in [3.8, 4) is 29.2 Å². The maximum Gasteiger partial charge on any atom is 0.252 e. The normalized spacial score (nSPS) is 11.9. The quantitative estimate of drug-likeness (QED) is 0.0126. The Morgan fingerprint density at radius 2 is 1.58 bits per heavy atom. The molecule has 0 aliphatic carbocycles. The molecule has 0 fully saturated rings. The lowest BCUT2D eigenvalue weighted by atomic mass is 10.1. The summed E-state index contributed by atoms with van der Waals surface area (Å²) in [6, 6.07) is 18.4. The van der Waals surface area contributed by atoms with Gasteiger partial charge < -0.3 is 34.6 Å². The number of fused-ring (bicyclic) bond motifs is 4. The van der Waals surface area contributed by atoms with Gasteiger partial charge in [-0.05, 0) is 48.7 Å². The van der Waals surface area contributed by atoms with E-state index in [9.17, 15) is 25.7 Å². The molecule has 7 aromatic rings. The molecule has 0 radical (unpaired) electrons. The lowest BCUT2D eigenvalue weighted by molar-refractivity contribution is -0.432. The SMILES string of the molecule is COCCSc1nnc(N=Nc2cc(OCCO)c(N=Nc3c(SOOO)cc4cc(N=Nc5c(C)c(C#N)c6nc7ccccc7n6c5O)ccc4c3O)cc2OCCO)s1. The van der Waals surface area contributed by atoms with Gasteiger partial charge in [-0.2, -0.15) is 10.4 Å². The Labute approximate surface area is 362 Å². The lowest BCUT2D eigenvalue weighted by Crippen LogP contribution is -2.04. The number of aromatic nitrogens is 4. The molecule has 21 nitrogen and oxygen atoms in total. The highest BCUT2D eigenvalue weighted by molar-refractivity contribution is 8.01. The maximum atomic E-state index is 11.6. The summed E-state index contributed by atoms with van der Waals surface area (Å²) in [4.78, 5) is 4.65. The molecular formula is C38H33N11O10S3. The lowest BCUT2D eigenvalue weighted by Gasteiger charge is -2.13. The number of aromatic hydroxyl groups is 2. The molecule has 0 amide bonds. The number of benzene rings is 4. The second-order valence-electron chi connectivity index (χ2n) is 12.5. The van der Waals surface area contributed by atoms with Gasteiger partial charge in [-0.15, -0.1) is 40.1 Å². The second-order valence-corrected chi connectivity index (χ2v) is 15.5.